The van der Waals surface area contributed by atoms with Crippen LogP contribution in [0.2, 0.25) is 0 Å². The third kappa shape index (κ3) is 2.68. The van der Waals surface area contributed by atoms with Gasteiger partial charge in [-0.3, -0.25) is 4.84 Å². The molecule has 0 bridgehead atoms. The number of para-hydroxylation sites is 1. The van der Waals surface area contributed by atoms with Gasteiger partial charge in [-0.15, -0.1) is 0 Å². The smallest absolute Gasteiger partial charge is 0.328 e. The summed E-state index contributed by atoms with van der Waals surface area (Å²) in [6, 6.07) is 7.89. The number of hydrogen-bond acceptors (Lipinski definition) is 5. The van der Waals surface area contributed by atoms with Crippen LogP contribution in [0, 0.1) is 0 Å². The van der Waals surface area contributed by atoms with Crippen molar-refractivity contribution in [2.75, 3.05) is 18.8 Å². The minimum atomic E-state index is -0.310. The average Bonchev–Trinajstić information content (AvgIpc) is 2.75. The minimum Gasteiger partial charge on any atom is -0.464 e. The first-order valence-corrected chi connectivity index (χ1v) is 7.82. The largest absolute Gasteiger partial charge is 0.464 e. The van der Waals surface area contributed by atoms with Crippen molar-refractivity contribution < 1.29 is 14.4 Å². The highest BCUT2D eigenvalue weighted by Gasteiger charge is 2.31. The van der Waals surface area contributed by atoms with E-state index >= 15 is 0 Å². The zero-order chi connectivity index (χ0) is 15.5. The lowest BCUT2D eigenvalue weighted by Crippen LogP contribution is -2.43. The van der Waals surface area contributed by atoms with Crippen LogP contribution in [0.3, 0.4) is 0 Å². The van der Waals surface area contributed by atoms with E-state index in [9.17, 15) is 4.79 Å². The summed E-state index contributed by atoms with van der Waals surface area (Å²) in [6.45, 7) is 2.23. The quantitative estimate of drug-likeness (QED) is 0.870. The Morgan fingerprint density at radius 2 is 2.23 bits per heavy atom. The van der Waals surface area contributed by atoms with E-state index in [1.807, 2.05) is 25.1 Å². The maximum atomic E-state index is 12.1. The van der Waals surface area contributed by atoms with Gasteiger partial charge in [0.2, 0.25) is 0 Å². The molecule has 5 nitrogen and oxygen atoms in total. The number of esters is 1. The number of benzene rings is 1. The molecule has 1 aromatic carbocycles. The molecular formula is C17H22N2O3. The van der Waals surface area contributed by atoms with Gasteiger partial charge in [0.15, 0.2) is 0 Å². The van der Waals surface area contributed by atoms with E-state index < -0.39 is 0 Å². The summed E-state index contributed by atoms with van der Waals surface area (Å²) in [6.07, 6.45) is 3.61. The van der Waals surface area contributed by atoms with Crippen molar-refractivity contribution in [3.63, 3.8) is 0 Å². The Balaban J connectivity index is 1.91. The second-order valence-corrected chi connectivity index (χ2v) is 5.58. The molecule has 0 saturated carbocycles. The molecule has 0 amide bonds. The molecule has 0 spiro atoms. The van der Waals surface area contributed by atoms with E-state index in [-0.39, 0.29) is 12.0 Å². The lowest BCUT2D eigenvalue weighted by atomic mass is 9.96. The number of carbonyl (C=O) groups excluding carboxylic acids is 1. The molecule has 0 aliphatic carbocycles. The third-order valence-corrected chi connectivity index (χ3v) is 4.19. The normalized spacial score (nSPS) is 20.6. The van der Waals surface area contributed by atoms with E-state index in [0.29, 0.717) is 6.61 Å². The first-order valence-electron chi connectivity index (χ1n) is 7.82. The monoisotopic (exact) mass is 302 g/mol. The summed E-state index contributed by atoms with van der Waals surface area (Å²) >= 11 is 0. The van der Waals surface area contributed by atoms with Crippen LogP contribution < -0.4 is 10.4 Å². The molecule has 0 fully saturated rings. The van der Waals surface area contributed by atoms with Crippen molar-refractivity contribution in [1.82, 2.24) is 5.32 Å². The predicted molar refractivity (Wildman–Crippen MR) is 84.1 cm³/mol. The molecule has 0 saturated heterocycles. The fourth-order valence-electron chi connectivity index (χ4n) is 3.17. The zero-order valence-corrected chi connectivity index (χ0v) is 13.1. The van der Waals surface area contributed by atoms with E-state index in [1.165, 1.54) is 11.1 Å². The Hall–Kier alpha value is -2.01. The number of ether oxygens (including phenoxy) is 1. The van der Waals surface area contributed by atoms with Crippen molar-refractivity contribution >= 4 is 11.7 Å². The predicted octanol–water partition coefficient (Wildman–Crippen LogP) is 2.53. The Morgan fingerprint density at radius 1 is 1.41 bits per heavy atom. The molecule has 2 aliphatic heterocycles. The van der Waals surface area contributed by atoms with E-state index in [1.54, 1.807) is 12.2 Å². The van der Waals surface area contributed by atoms with Gasteiger partial charge in [-0.1, -0.05) is 18.2 Å². The second kappa shape index (κ2) is 6.40. The number of anilines is 1. The van der Waals surface area contributed by atoms with Crippen molar-refractivity contribution in [2.45, 2.75) is 38.6 Å². The molecule has 5 heteroatoms. The van der Waals surface area contributed by atoms with Gasteiger partial charge >= 0.3 is 5.97 Å². The lowest BCUT2D eigenvalue weighted by molar-refractivity contribution is -0.145. The Labute approximate surface area is 130 Å². The summed E-state index contributed by atoms with van der Waals surface area (Å²) in [5.74, 6) is 0.711. The van der Waals surface area contributed by atoms with Crippen molar-refractivity contribution in [3.8, 4) is 0 Å². The van der Waals surface area contributed by atoms with E-state index in [2.05, 4.69) is 11.4 Å². The highest BCUT2D eigenvalue weighted by molar-refractivity contribution is 5.76. The SMILES string of the molecule is CCOC(=O)C1CCCC2=C(N1)N(OC)c1ccccc1C2. The van der Waals surface area contributed by atoms with Crippen LogP contribution in [0.5, 0.6) is 0 Å². The van der Waals surface area contributed by atoms with Crippen molar-refractivity contribution in [3.05, 3.63) is 41.2 Å². The number of hydroxylamine groups is 1. The molecule has 1 N–H and O–H groups in total. The molecule has 3 rings (SSSR count). The van der Waals surface area contributed by atoms with Crippen LogP contribution in [-0.4, -0.2) is 25.7 Å². The van der Waals surface area contributed by atoms with Crippen molar-refractivity contribution in [1.29, 1.82) is 0 Å². The van der Waals surface area contributed by atoms with Crippen LogP contribution in [0.15, 0.2) is 35.7 Å². The maximum Gasteiger partial charge on any atom is 0.328 e. The van der Waals surface area contributed by atoms with E-state index in [4.69, 9.17) is 9.57 Å². The van der Waals surface area contributed by atoms with Crippen LogP contribution in [-0.2, 0) is 20.8 Å². The molecule has 0 aromatic heterocycles. The van der Waals surface area contributed by atoms with Crippen LogP contribution in [0.25, 0.3) is 0 Å². The number of nitrogens with one attached hydrogen (secondary N) is 1. The van der Waals surface area contributed by atoms with Crippen LogP contribution >= 0.6 is 0 Å². The second-order valence-electron chi connectivity index (χ2n) is 5.58. The highest BCUT2D eigenvalue weighted by Crippen LogP contribution is 2.35. The molecule has 1 aromatic rings. The van der Waals surface area contributed by atoms with E-state index in [0.717, 1.165) is 37.2 Å². The van der Waals surface area contributed by atoms with Gasteiger partial charge in [0.1, 0.15) is 11.9 Å². The molecule has 1 unspecified atom stereocenters. The van der Waals surface area contributed by atoms with Gasteiger partial charge in [0.25, 0.3) is 0 Å². The van der Waals surface area contributed by atoms with Crippen LogP contribution in [0.1, 0.15) is 31.7 Å². The number of rotatable bonds is 3. The minimum absolute atomic E-state index is 0.189. The first kappa shape index (κ1) is 14.9. The number of allylic oxidation sites excluding steroid dienone is 1. The summed E-state index contributed by atoms with van der Waals surface area (Å²) in [7, 11) is 1.65. The molecule has 118 valence electrons. The molecule has 1 atom stereocenters. The molecule has 2 heterocycles. The first-order chi connectivity index (χ1) is 10.7. The fourth-order valence-corrected chi connectivity index (χ4v) is 3.17. The van der Waals surface area contributed by atoms with Gasteiger partial charge < -0.3 is 10.1 Å². The number of nitrogens with zero attached hydrogens (tertiary/aromatic N) is 1. The highest BCUT2D eigenvalue weighted by atomic mass is 16.7. The standard InChI is InChI=1S/C17H22N2O3/c1-3-22-17(20)14-9-6-8-13-11-12-7-4-5-10-15(12)19(21-2)16(13)18-14/h4-5,7,10,14,18H,3,6,8-9,11H2,1-2H3. The van der Waals surface area contributed by atoms with Gasteiger partial charge in [0, 0.05) is 0 Å². The Morgan fingerprint density at radius 3 is 3.00 bits per heavy atom. The maximum absolute atomic E-state index is 12.1. The Kier molecular flexibility index (Phi) is 4.34. The van der Waals surface area contributed by atoms with Gasteiger partial charge in [-0.25, -0.2) is 9.86 Å². The summed E-state index contributed by atoms with van der Waals surface area (Å²) in [5.41, 5.74) is 3.56. The average molecular weight is 302 g/mol. The van der Waals surface area contributed by atoms with Gasteiger partial charge in [0.05, 0.1) is 19.4 Å². The fraction of sp³-hybridized carbons (Fsp3) is 0.471. The molecule has 0 radical (unpaired) electrons. The Bertz CT molecular complexity index is 597. The molecule has 22 heavy (non-hydrogen) atoms. The summed E-state index contributed by atoms with van der Waals surface area (Å²) in [5, 5.41) is 5.15. The summed E-state index contributed by atoms with van der Waals surface area (Å²) < 4.78 is 5.17. The number of fused-ring (bicyclic) bond motifs is 1. The van der Waals surface area contributed by atoms with Gasteiger partial charge in [-0.05, 0) is 49.8 Å². The lowest BCUT2D eigenvalue weighted by Gasteiger charge is -2.34. The molecule has 2 aliphatic rings. The van der Waals surface area contributed by atoms with Crippen molar-refractivity contribution in [2.24, 2.45) is 0 Å². The van der Waals surface area contributed by atoms with Gasteiger partial charge in [-0.2, -0.15) is 0 Å². The number of hydrogen-bond donors (Lipinski definition) is 1. The third-order valence-electron chi connectivity index (χ3n) is 4.19. The summed E-state index contributed by atoms with van der Waals surface area (Å²) in [4.78, 5) is 17.7. The topological polar surface area (TPSA) is 50.8 Å². The zero-order valence-electron chi connectivity index (χ0n) is 13.1. The molecular weight excluding hydrogens is 280 g/mol. The van der Waals surface area contributed by atoms with Crippen LogP contribution in [0.4, 0.5) is 5.69 Å². The number of carbonyl (C=O) groups is 1.